The Morgan fingerprint density at radius 2 is 1.69 bits per heavy atom. The molecule has 4 rings (SSSR count). The fourth-order valence-electron chi connectivity index (χ4n) is 10.2. The van der Waals surface area contributed by atoms with Crippen LogP contribution in [0.1, 0.15) is 92.9 Å². The van der Waals surface area contributed by atoms with Crippen molar-refractivity contribution in [3.8, 4) is 0 Å². The summed E-state index contributed by atoms with van der Waals surface area (Å²) in [6.45, 7) is 15.6. The number of fused-ring (bicyclic) bond motifs is 3. The second-order valence-electron chi connectivity index (χ2n) is 16.0. The molecule has 1 heterocycles. The van der Waals surface area contributed by atoms with Crippen molar-refractivity contribution >= 4 is 12.3 Å². The van der Waals surface area contributed by atoms with Gasteiger partial charge < -0.3 is 40.1 Å². The molecule has 6 N–H and O–H groups in total. The van der Waals surface area contributed by atoms with E-state index in [-0.39, 0.29) is 47.5 Å². The van der Waals surface area contributed by atoms with Gasteiger partial charge in [-0.1, -0.05) is 39.5 Å². The minimum atomic E-state index is -1.49. The summed E-state index contributed by atoms with van der Waals surface area (Å²) in [6, 6.07) is 0. The maximum atomic E-state index is 12.1. The number of carbonyl (C=O) groups excluding carboxylic acids is 1. The number of hydrogen-bond acceptors (Lipinski definition) is 9. The predicted molar refractivity (Wildman–Crippen MR) is 167 cm³/mol. The van der Waals surface area contributed by atoms with Crippen LogP contribution in [0, 0.1) is 39.9 Å². The van der Waals surface area contributed by atoms with E-state index in [0.29, 0.717) is 37.7 Å². The Labute approximate surface area is 267 Å². The third kappa shape index (κ3) is 6.58. The van der Waals surface area contributed by atoms with Crippen LogP contribution in [0.2, 0.25) is 0 Å². The maximum absolute atomic E-state index is 12.1. The zero-order chi connectivity index (χ0) is 33.8. The number of carbonyl (C=O) groups is 2. The van der Waals surface area contributed by atoms with Gasteiger partial charge in [-0.2, -0.15) is 0 Å². The lowest BCUT2D eigenvalue weighted by atomic mass is 9.37. The first-order valence-electron chi connectivity index (χ1n) is 16.5. The first kappa shape index (κ1) is 36.2. The number of carboxylic acids is 1. The van der Waals surface area contributed by atoms with E-state index in [9.17, 15) is 40.2 Å². The molecule has 0 aromatic heterocycles. The van der Waals surface area contributed by atoms with Gasteiger partial charge in [0, 0.05) is 6.42 Å². The zero-order valence-corrected chi connectivity index (χ0v) is 27.8. The minimum absolute atomic E-state index is 0.0587. The van der Waals surface area contributed by atoms with Gasteiger partial charge in [0.2, 0.25) is 0 Å². The highest BCUT2D eigenvalue weighted by molar-refractivity contribution is 5.73. The molecule has 0 aromatic rings. The molecule has 13 atom stereocenters. The average molecular weight is 637 g/mol. The van der Waals surface area contributed by atoms with E-state index < -0.39 is 53.3 Å². The summed E-state index contributed by atoms with van der Waals surface area (Å²) in [6.07, 6.45) is 2.35. The van der Waals surface area contributed by atoms with Crippen LogP contribution < -0.4 is 0 Å². The van der Waals surface area contributed by atoms with Gasteiger partial charge in [-0.15, -0.1) is 0 Å². The smallest absolute Gasteiger partial charge is 0.303 e. The van der Waals surface area contributed by atoms with Crippen LogP contribution in [0.3, 0.4) is 0 Å². The number of hydrogen-bond donors (Lipinski definition) is 6. The Morgan fingerprint density at radius 3 is 2.29 bits per heavy atom. The largest absolute Gasteiger partial charge is 0.481 e. The van der Waals surface area contributed by atoms with E-state index in [2.05, 4.69) is 27.4 Å². The van der Waals surface area contributed by atoms with Gasteiger partial charge in [0.15, 0.2) is 6.29 Å². The van der Waals surface area contributed by atoms with E-state index >= 15 is 0 Å². The van der Waals surface area contributed by atoms with Crippen LogP contribution in [-0.4, -0.2) is 91.4 Å². The number of rotatable bonds is 11. The molecule has 9 unspecified atom stereocenters. The number of aldehydes is 1. The molecule has 0 spiro atoms. The molecule has 1 aliphatic heterocycles. The molecule has 4 fully saturated rings. The molecule has 0 radical (unpaired) electrons. The minimum Gasteiger partial charge on any atom is -0.481 e. The highest BCUT2D eigenvalue weighted by Crippen LogP contribution is 2.74. The Balaban J connectivity index is 1.80. The van der Waals surface area contributed by atoms with Gasteiger partial charge in [-0.25, -0.2) is 0 Å². The van der Waals surface area contributed by atoms with Crippen molar-refractivity contribution in [1.82, 2.24) is 0 Å². The lowest BCUT2D eigenvalue weighted by molar-refractivity contribution is -0.312. The molecule has 256 valence electrons. The zero-order valence-electron chi connectivity index (χ0n) is 27.8. The molecular weight excluding hydrogens is 580 g/mol. The van der Waals surface area contributed by atoms with Crippen molar-refractivity contribution < 1.29 is 49.7 Å². The normalized spacial score (nSPS) is 45.0. The number of ether oxygens (including phenoxy) is 2. The molecular formula is C35H56O10. The molecule has 3 aliphatic carbocycles. The van der Waals surface area contributed by atoms with Crippen molar-refractivity contribution in [2.75, 3.05) is 6.61 Å². The molecule has 4 aliphatic rings. The van der Waals surface area contributed by atoms with Crippen LogP contribution >= 0.6 is 0 Å². The third-order valence-electron chi connectivity index (χ3n) is 12.7. The van der Waals surface area contributed by atoms with Gasteiger partial charge in [-0.3, -0.25) is 9.59 Å². The van der Waals surface area contributed by atoms with Gasteiger partial charge >= 0.3 is 5.97 Å². The fourth-order valence-corrected chi connectivity index (χ4v) is 10.2. The number of aliphatic hydroxyl groups excluding tert-OH is 3. The number of carboxylic acid groups (broad SMARTS) is 1. The van der Waals surface area contributed by atoms with Crippen molar-refractivity contribution in [1.29, 1.82) is 0 Å². The first-order valence-corrected chi connectivity index (χ1v) is 16.5. The summed E-state index contributed by atoms with van der Waals surface area (Å²) >= 11 is 0. The standard InChI is InChI=1S/C35H56O10/c1-20(18-36)21-9-15-33(5)25(32(21,4)14-11-26(38)39)17-24(45-30-29(41)28(40)23(37)19-44-30)27-22(10-16-34(27,33)6)35(7,43)13-8-12-31(2,3)42/h8,12,18,21-25,27-30,37,40-43H,1,9-11,13-17,19H2,2-7H3,(H,38,39)/b12-8+/t21?,22?,23-,24?,25?,27?,28-,29+,30-,32?,33?,34?,35?/m0/s1. The molecule has 0 bridgehead atoms. The van der Waals surface area contributed by atoms with Crippen molar-refractivity contribution in [2.24, 2.45) is 39.9 Å². The summed E-state index contributed by atoms with van der Waals surface area (Å²) in [4.78, 5) is 23.9. The lowest BCUT2D eigenvalue weighted by Gasteiger charge is -2.68. The van der Waals surface area contributed by atoms with Crippen molar-refractivity contribution in [2.45, 2.75) is 135 Å². The van der Waals surface area contributed by atoms with Gasteiger partial charge in [0.05, 0.1) is 23.9 Å². The fraction of sp³-hybridized carbons (Fsp3) is 0.829. The molecule has 0 amide bonds. The van der Waals surface area contributed by atoms with Crippen LogP contribution in [0.4, 0.5) is 0 Å². The third-order valence-corrected chi connectivity index (χ3v) is 12.7. The Hall–Kier alpha value is -1.66. The monoisotopic (exact) mass is 636 g/mol. The number of aliphatic hydroxyl groups is 5. The summed E-state index contributed by atoms with van der Waals surface area (Å²) in [5.74, 6) is -1.64. The Bertz CT molecular complexity index is 1140. The van der Waals surface area contributed by atoms with E-state index in [4.69, 9.17) is 9.47 Å². The maximum Gasteiger partial charge on any atom is 0.303 e. The van der Waals surface area contributed by atoms with E-state index in [1.165, 1.54) is 0 Å². The average Bonchev–Trinajstić information content (AvgIpc) is 3.32. The Morgan fingerprint density at radius 1 is 1.04 bits per heavy atom. The summed E-state index contributed by atoms with van der Waals surface area (Å²) < 4.78 is 12.4. The molecule has 45 heavy (non-hydrogen) atoms. The molecule has 1 saturated heterocycles. The second kappa shape index (κ2) is 12.7. The van der Waals surface area contributed by atoms with Crippen LogP contribution in [0.5, 0.6) is 0 Å². The van der Waals surface area contributed by atoms with Crippen molar-refractivity contribution in [3.63, 3.8) is 0 Å². The van der Waals surface area contributed by atoms with E-state index in [1.807, 2.05) is 13.0 Å². The second-order valence-corrected chi connectivity index (χ2v) is 16.0. The molecule has 3 saturated carbocycles. The predicted octanol–water partition coefficient (Wildman–Crippen LogP) is 3.37. The van der Waals surface area contributed by atoms with E-state index in [0.717, 1.165) is 19.1 Å². The number of allylic oxidation sites excluding steroid dienone is 1. The SMILES string of the molecule is C=C(C=O)C1CCC2(C)C(CC(O[C@@H]3OC[C@H](O)[C@H](O)[C@H]3O)C3C(C(C)(O)C/C=C/C(C)(C)O)CCC32C)C1(C)CCC(=O)O. The van der Waals surface area contributed by atoms with Crippen molar-refractivity contribution in [3.05, 3.63) is 24.3 Å². The summed E-state index contributed by atoms with van der Waals surface area (Å²) in [5, 5.41) is 63.4. The van der Waals surface area contributed by atoms with Crippen LogP contribution in [0.25, 0.3) is 0 Å². The molecule has 10 heteroatoms. The lowest BCUT2D eigenvalue weighted by Crippen LogP contribution is -2.65. The highest BCUT2D eigenvalue weighted by Gasteiger charge is 2.70. The molecule has 10 nitrogen and oxygen atoms in total. The van der Waals surface area contributed by atoms with Crippen LogP contribution in [-0.2, 0) is 19.1 Å². The summed E-state index contributed by atoms with van der Waals surface area (Å²) in [5.41, 5.74) is -3.01. The number of aliphatic carboxylic acids is 1. The van der Waals surface area contributed by atoms with Gasteiger partial charge in [0.25, 0.3) is 0 Å². The topological polar surface area (TPSA) is 174 Å². The Kier molecular flexibility index (Phi) is 10.2. The van der Waals surface area contributed by atoms with Gasteiger partial charge in [-0.05, 0) is 111 Å². The highest BCUT2D eigenvalue weighted by atomic mass is 16.7. The van der Waals surface area contributed by atoms with E-state index in [1.54, 1.807) is 19.9 Å². The quantitative estimate of drug-likeness (QED) is 0.0854. The van der Waals surface area contributed by atoms with Gasteiger partial charge in [0.1, 0.15) is 24.6 Å². The summed E-state index contributed by atoms with van der Waals surface area (Å²) in [7, 11) is 0. The first-order chi connectivity index (χ1) is 20.7. The molecule has 0 aromatic carbocycles. The van der Waals surface area contributed by atoms with Crippen LogP contribution in [0.15, 0.2) is 24.3 Å².